The first-order valence-corrected chi connectivity index (χ1v) is 7.99. The Labute approximate surface area is 132 Å². The minimum Gasteiger partial charge on any atom is -0.377 e. The Morgan fingerprint density at radius 1 is 1.10 bits per heavy atom. The van der Waals surface area contributed by atoms with Gasteiger partial charge in [-0.2, -0.15) is 0 Å². The second-order valence-corrected chi connectivity index (χ2v) is 7.19. The van der Waals surface area contributed by atoms with E-state index in [1.165, 1.54) is 27.7 Å². The summed E-state index contributed by atoms with van der Waals surface area (Å²) >= 11 is 3.59. The number of fused-ring (bicyclic) bond motifs is 2. The molecule has 106 valence electrons. The zero-order chi connectivity index (χ0) is 14.6. The molecule has 2 heterocycles. The number of aromatic amines is 1. The molecule has 2 N–H and O–H groups in total. The molecule has 3 aromatic rings. The maximum Gasteiger partial charge on any atom is 0.0626 e. The highest BCUT2D eigenvalue weighted by atomic mass is 79.9. The number of hydrogen-bond acceptors (Lipinski definition) is 1. The van der Waals surface area contributed by atoms with E-state index in [2.05, 4.69) is 88.7 Å². The predicted molar refractivity (Wildman–Crippen MR) is 91.8 cm³/mol. The summed E-state index contributed by atoms with van der Waals surface area (Å²) in [6.07, 6.45) is 2.14. The minimum atomic E-state index is 0.0457. The summed E-state index contributed by atoms with van der Waals surface area (Å²) in [4.78, 5) is 3.39. The molecule has 1 aliphatic heterocycles. The summed E-state index contributed by atoms with van der Waals surface area (Å²) in [5.41, 5.74) is 5.18. The summed E-state index contributed by atoms with van der Waals surface area (Å²) in [5, 5.41) is 5.01. The molecule has 0 fully saturated rings. The minimum absolute atomic E-state index is 0.0457. The normalized spacial score (nSPS) is 19.5. The molecule has 1 aromatic heterocycles. The largest absolute Gasteiger partial charge is 0.377 e. The summed E-state index contributed by atoms with van der Waals surface area (Å²) in [6.45, 7) is 4.62. The van der Waals surface area contributed by atoms with E-state index in [0.717, 1.165) is 4.47 Å². The molecule has 0 radical (unpaired) electrons. The Hall–Kier alpha value is -1.74. The molecular weight excluding hydrogens is 324 g/mol. The van der Waals surface area contributed by atoms with Crippen LogP contribution in [0.25, 0.3) is 10.9 Å². The zero-order valence-corrected chi connectivity index (χ0v) is 13.7. The van der Waals surface area contributed by atoms with Gasteiger partial charge in [-0.3, -0.25) is 0 Å². The van der Waals surface area contributed by atoms with Gasteiger partial charge in [-0.25, -0.2) is 0 Å². The van der Waals surface area contributed by atoms with Crippen LogP contribution in [0.2, 0.25) is 0 Å². The molecule has 2 aromatic carbocycles. The molecular formula is C18H17BrN2. The number of benzene rings is 2. The van der Waals surface area contributed by atoms with Crippen LogP contribution in [0.1, 0.15) is 31.0 Å². The SMILES string of the molecule is CC1(C)c2cc(Br)ccc2NC1c1c[nH]c2ccccc12. The van der Waals surface area contributed by atoms with Crippen molar-refractivity contribution in [1.82, 2.24) is 4.98 Å². The van der Waals surface area contributed by atoms with E-state index in [4.69, 9.17) is 0 Å². The second-order valence-electron chi connectivity index (χ2n) is 6.28. The first-order chi connectivity index (χ1) is 10.1. The Kier molecular flexibility index (Phi) is 2.70. The number of anilines is 1. The highest BCUT2D eigenvalue weighted by Crippen LogP contribution is 2.50. The molecule has 0 spiro atoms. The van der Waals surface area contributed by atoms with E-state index in [-0.39, 0.29) is 11.5 Å². The number of hydrogen-bond donors (Lipinski definition) is 2. The van der Waals surface area contributed by atoms with Crippen LogP contribution in [0.5, 0.6) is 0 Å². The zero-order valence-electron chi connectivity index (χ0n) is 12.1. The lowest BCUT2D eigenvalue weighted by molar-refractivity contribution is 0.476. The average molecular weight is 341 g/mol. The maximum atomic E-state index is 3.71. The van der Waals surface area contributed by atoms with Gasteiger partial charge in [0, 0.05) is 38.2 Å². The van der Waals surface area contributed by atoms with E-state index in [1.807, 2.05) is 0 Å². The fraction of sp³-hybridized carbons (Fsp3) is 0.222. The van der Waals surface area contributed by atoms with Crippen molar-refractivity contribution >= 4 is 32.5 Å². The van der Waals surface area contributed by atoms with Gasteiger partial charge in [0.15, 0.2) is 0 Å². The quantitative estimate of drug-likeness (QED) is 0.611. The van der Waals surface area contributed by atoms with Crippen LogP contribution in [-0.2, 0) is 5.41 Å². The fourth-order valence-electron chi connectivity index (χ4n) is 3.47. The molecule has 3 heteroatoms. The molecule has 1 aliphatic rings. The van der Waals surface area contributed by atoms with Crippen molar-refractivity contribution in [2.75, 3.05) is 5.32 Å². The highest BCUT2D eigenvalue weighted by Gasteiger charge is 2.41. The average Bonchev–Trinajstić information content (AvgIpc) is 2.99. The van der Waals surface area contributed by atoms with Crippen LogP contribution >= 0.6 is 15.9 Å². The number of para-hydroxylation sites is 1. The number of aromatic nitrogens is 1. The van der Waals surface area contributed by atoms with Gasteiger partial charge in [0.1, 0.15) is 0 Å². The van der Waals surface area contributed by atoms with Gasteiger partial charge < -0.3 is 10.3 Å². The molecule has 0 saturated heterocycles. The molecule has 0 amide bonds. The van der Waals surface area contributed by atoms with E-state index < -0.39 is 0 Å². The number of halogens is 1. The maximum absolute atomic E-state index is 3.71. The van der Waals surface area contributed by atoms with Crippen molar-refractivity contribution < 1.29 is 0 Å². The summed E-state index contributed by atoms with van der Waals surface area (Å²) in [5.74, 6) is 0. The summed E-state index contributed by atoms with van der Waals surface area (Å²) in [6, 6.07) is 15.3. The van der Waals surface area contributed by atoms with Crippen molar-refractivity contribution in [3.63, 3.8) is 0 Å². The molecule has 0 saturated carbocycles. The van der Waals surface area contributed by atoms with E-state index in [1.54, 1.807) is 0 Å². The lowest BCUT2D eigenvalue weighted by Gasteiger charge is -2.27. The highest BCUT2D eigenvalue weighted by molar-refractivity contribution is 9.10. The third-order valence-corrected chi connectivity index (χ3v) is 5.12. The monoisotopic (exact) mass is 340 g/mol. The Morgan fingerprint density at radius 2 is 1.90 bits per heavy atom. The Bertz CT molecular complexity index is 832. The van der Waals surface area contributed by atoms with Crippen molar-refractivity contribution in [3.8, 4) is 0 Å². The van der Waals surface area contributed by atoms with Crippen LogP contribution in [0.15, 0.2) is 53.1 Å². The van der Waals surface area contributed by atoms with Gasteiger partial charge in [-0.05, 0) is 29.8 Å². The van der Waals surface area contributed by atoms with Gasteiger partial charge in [0.2, 0.25) is 0 Å². The van der Waals surface area contributed by atoms with Crippen LogP contribution < -0.4 is 5.32 Å². The first-order valence-electron chi connectivity index (χ1n) is 7.20. The van der Waals surface area contributed by atoms with Gasteiger partial charge in [0.25, 0.3) is 0 Å². The van der Waals surface area contributed by atoms with Crippen molar-refractivity contribution in [2.45, 2.75) is 25.3 Å². The van der Waals surface area contributed by atoms with Crippen LogP contribution in [-0.4, -0.2) is 4.98 Å². The third kappa shape index (κ3) is 1.84. The molecule has 0 bridgehead atoms. The van der Waals surface area contributed by atoms with E-state index >= 15 is 0 Å². The van der Waals surface area contributed by atoms with Gasteiger partial charge >= 0.3 is 0 Å². The molecule has 4 rings (SSSR count). The van der Waals surface area contributed by atoms with Crippen LogP contribution in [0.4, 0.5) is 5.69 Å². The Morgan fingerprint density at radius 3 is 2.76 bits per heavy atom. The molecule has 2 nitrogen and oxygen atoms in total. The van der Waals surface area contributed by atoms with Crippen LogP contribution in [0.3, 0.4) is 0 Å². The predicted octanol–water partition coefficient (Wildman–Crippen LogP) is 5.37. The fourth-order valence-corrected chi connectivity index (χ4v) is 3.83. The Balaban J connectivity index is 1.88. The molecule has 1 atom stereocenters. The van der Waals surface area contributed by atoms with Gasteiger partial charge in [-0.1, -0.05) is 48.0 Å². The van der Waals surface area contributed by atoms with Gasteiger partial charge in [0.05, 0.1) is 6.04 Å². The smallest absolute Gasteiger partial charge is 0.0626 e. The van der Waals surface area contributed by atoms with E-state index in [0.29, 0.717) is 0 Å². The lowest BCUT2D eigenvalue weighted by atomic mass is 9.78. The van der Waals surface area contributed by atoms with E-state index in [9.17, 15) is 0 Å². The second kappa shape index (κ2) is 4.38. The van der Waals surface area contributed by atoms with Crippen molar-refractivity contribution in [1.29, 1.82) is 0 Å². The van der Waals surface area contributed by atoms with Gasteiger partial charge in [-0.15, -0.1) is 0 Å². The third-order valence-electron chi connectivity index (χ3n) is 4.63. The molecule has 0 aliphatic carbocycles. The van der Waals surface area contributed by atoms with Crippen LogP contribution in [0, 0.1) is 0 Å². The number of nitrogens with one attached hydrogen (secondary N) is 2. The summed E-state index contributed by atoms with van der Waals surface area (Å²) < 4.78 is 1.13. The summed E-state index contributed by atoms with van der Waals surface area (Å²) in [7, 11) is 0. The van der Waals surface area contributed by atoms with Crippen molar-refractivity contribution in [2.24, 2.45) is 0 Å². The molecule has 1 unspecified atom stereocenters. The van der Waals surface area contributed by atoms with Crippen molar-refractivity contribution in [3.05, 3.63) is 64.3 Å². The molecule has 21 heavy (non-hydrogen) atoms. The first kappa shape index (κ1) is 13.0. The topological polar surface area (TPSA) is 27.8 Å². The standard InChI is InChI=1S/C18H17BrN2/c1-18(2)14-9-11(19)7-8-16(14)21-17(18)13-10-20-15-6-4-3-5-12(13)15/h3-10,17,20-21H,1-2H3. The number of H-pyrrole nitrogens is 1. The lowest BCUT2D eigenvalue weighted by Crippen LogP contribution is -2.25. The number of rotatable bonds is 1.